The van der Waals surface area contributed by atoms with Crippen LogP contribution in [0.3, 0.4) is 0 Å². The van der Waals surface area contributed by atoms with Crippen LogP contribution in [0.25, 0.3) is 0 Å². The molecule has 1 saturated heterocycles. The molecule has 2 aromatic rings. The van der Waals surface area contributed by atoms with E-state index < -0.39 is 0 Å². The standard InChI is InChI=1S/C17H20BrN3O/c18-14-2-1-3-16(10-14)21-8-6-20(7-9-21)12-15-11-17(22-19-15)13-4-5-13/h1-3,10-11,13H,4-9,12H2. The van der Waals surface area contributed by atoms with Gasteiger partial charge in [0.25, 0.3) is 0 Å². The summed E-state index contributed by atoms with van der Waals surface area (Å²) in [7, 11) is 0. The molecule has 0 bridgehead atoms. The van der Waals surface area contributed by atoms with Gasteiger partial charge in [-0.2, -0.15) is 0 Å². The number of aromatic nitrogens is 1. The highest BCUT2D eigenvalue weighted by molar-refractivity contribution is 9.10. The molecule has 22 heavy (non-hydrogen) atoms. The highest BCUT2D eigenvalue weighted by Gasteiger charge is 2.28. The second-order valence-electron chi connectivity index (χ2n) is 6.24. The predicted octanol–water partition coefficient (Wildman–Crippen LogP) is 3.64. The van der Waals surface area contributed by atoms with Crippen LogP contribution >= 0.6 is 15.9 Å². The van der Waals surface area contributed by atoms with Crippen molar-refractivity contribution in [2.24, 2.45) is 0 Å². The Morgan fingerprint density at radius 3 is 2.68 bits per heavy atom. The number of hydrogen-bond acceptors (Lipinski definition) is 4. The zero-order valence-electron chi connectivity index (χ0n) is 12.5. The Morgan fingerprint density at radius 2 is 1.95 bits per heavy atom. The van der Waals surface area contributed by atoms with E-state index in [4.69, 9.17) is 4.52 Å². The third kappa shape index (κ3) is 3.20. The molecule has 4 rings (SSSR count). The summed E-state index contributed by atoms with van der Waals surface area (Å²) in [6.45, 7) is 5.16. The molecule has 1 aliphatic heterocycles. The molecule has 1 saturated carbocycles. The maximum absolute atomic E-state index is 5.44. The average molecular weight is 362 g/mol. The van der Waals surface area contributed by atoms with Gasteiger partial charge in [-0.25, -0.2) is 0 Å². The number of hydrogen-bond donors (Lipinski definition) is 0. The summed E-state index contributed by atoms with van der Waals surface area (Å²) in [5, 5.41) is 4.22. The SMILES string of the molecule is Brc1cccc(N2CCN(Cc3cc(C4CC4)on3)CC2)c1. The first-order valence-corrected chi connectivity index (χ1v) is 8.75. The van der Waals surface area contributed by atoms with Crippen molar-refractivity contribution in [2.75, 3.05) is 31.1 Å². The van der Waals surface area contributed by atoms with E-state index in [0.717, 1.165) is 48.7 Å². The van der Waals surface area contributed by atoms with Crippen LogP contribution in [-0.4, -0.2) is 36.2 Å². The molecule has 0 unspecified atom stereocenters. The molecule has 0 spiro atoms. The fourth-order valence-electron chi connectivity index (χ4n) is 3.03. The molecule has 0 N–H and O–H groups in total. The van der Waals surface area contributed by atoms with Gasteiger partial charge in [-0.05, 0) is 31.0 Å². The molecule has 1 aromatic carbocycles. The fraction of sp³-hybridized carbons (Fsp3) is 0.471. The molecular formula is C17H20BrN3O. The molecule has 0 radical (unpaired) electrons. The van der Waals surface area contributed by atoms with Gasteiger partial charge >= 0.3 is 0 Å². The van der Waals surface area contributed by atoms with Crippen molar-refractivity contribution in [1.82, 2.24) is 10.1 Å². The van der Waals surface area contributed by atoms with E-state index >= 15 is 0 Å². The van der Waals surface area contributed by atoms with Crippen LogP contribution in [0.4, 0.5) is 5.69 Å². The number of anilines is 1. The summed E-state index contributed by atoms with van der Waals surface area (Å²) in [5.41, 5.74) is 2.38. The molecule has 2 heterocycles. The third-order valence-electron chi connectivity index (χ3n) is 4.49. The van der Waals surface area contributed by atoms with Gasteiger partial charge in [0, 0.05) is 54.9 Å². The number of benzene rings is 1. The minimum atomic E-state index is 0.648. The smallest absolute Gasteiger partial charge is 0.140 e. The summed E-state index contributed by atoms with van der Waals surface area (Å²) in [4.78, 5) is 4.91. The minimum absolute atomic E-state index is 0.648. The third-order valence-corrected chi connectivity index (χ3v) is 4.98. The molecule has 4 nitrogen and oxygen atoms in total. The zero-order chi connectivity index (χ0) is 14.9. The van der Waals surface area contributed by atoms with Crippen LogP contribution in [0, 0.1) is 0 Å². The van der Waals surface area contributed by atoms with Crippen LogP contribution in [0.15, 0.2) is 39.3 Å². The molecule has 116 valence electrons. The van der Waals surface area contributed by atoms with E-state index in [9.17, 15) is 0 Å². The van der Waals surface area contributed by atoms with Crippen molar-refractivity contribution in [2.45, 2.75) is 25.3 Å². The lowest BCUT2D eigenvalue weighted by atomic mass is 10.2. The molecule has 1 aliphatic carbocycles. The Kier molecular flexibility index (Phi) is 3.92. The number of halogens is 1. The summed E-state index contributed by atoms with van der Waals surface area (Å²) < 4.78 is 6.58. The molecule has 0 atom stereocenters. The van der Waals surface area contributed by atoms with Crippen molar-refractivity contribution in [1.29, 1.82) is 0 Å². The lowest BCUT2D eigenvalue weighted by Gasteiger charge is -2.35. The van der Waals surface area contributed by atoms with Crippen molar-refractivity contribution < 1.29 is 4.52 Å². The van der Waals surface area contributed by atoms with Gasteiger partial charge in [-0.15, -0.1) is 0 Å². The Bertz CT molecular complexity index is 645. The molecule has 2 fully saturated rings. The van der Waals surface area contributed by atoms with Gasteiger partial charge in [0.2, 0.25) is 0 Å². The van der Waals surface area contributed by atoms with E-state index in [1.54, 1.807) is 0 Å². The Morgan fingerprint density at radius 1 is 1.14 bits per heavy atom. The second-order valence-corrected chi connectivity index (χ2v) is 7.15. The maximum atomic E-state index is 5.44. The highest BCUT2D eigenvalue weighted by Crippen LogP contribution is 2.40. The Labute approximate surface area is 139 Å². The zero-order valence-corrected chi connectivity index (χ0v) is 14.1. The Hall–Kier alpha value is -1.33. The van der Waals surface area contributed by atoms with E-state index in [2.05, 4.69) is 61.2 Å². The van der Waals surface area contributed by atoms with E-state index in [1.165, 1.54) is 18.5 Å². The second kappa shape index (κ2) is 6.05. The van der Waals surface area contributed by atoms with Gasteiger partial charge < -0.3 is 9.42 Å². The van der Waals surface area contributed by atoms with Crippen LogP contribution < -0.4 is 4.90 Å². The summed E-state index contributed by atoms with van der Waals surface area (Å²) in [6, 6.07) is 10.7. The van der Waals surface area contributed by atoms with Crippen molar-refractivity contribution in [3.63, 3.8) is 0 Å². The van der Waals surface area contributed by atoms with Gasteiger partial charge in [0.15, 0.2) is 0 Å². The van der Waals surface area contributed by atoms with E-state index in [0.29, 0.717) is 5.92 Å². The summed E-state index contributed by atoms with van der Waals surface area (Å²) >= 11 is 3.55. The number of rotatable bonds is 4. The largest absolute Gasteiger partial charge is 0.369 e. The normalized spacial score (nSPS) is 19.6. The first-order valence-electron chi connectivity index (χ1n) is 7.96. The maximum Gasteiger partial charge on any atom is 0.140 e. The van der Waals surface area contributed by atoms with Crippen LogP contribution in [-0.2, 0) is 6.54 Å². The fourth-order valence-corrected chi connectivity index (χ4v) is 3.42. The van der Waals surface area contributed by atoms with Crippen molar-refractivity contribution in [3.8, 4) is 0 Å². The van der Waals surface area contributed by atoms with Gasteiger partial charge in [0.05, 0.1) is 5.69 Å². The first kappa shape index (κ1) is 14.3. The van der Waals surface area contributed by atoms with Crippen LogP contribution in [0.5, 0.6) is 0 Å². The van der Waals surface area contributed by atoms with Gasteiger partial charge in [-0.3, -0.25) is 4.90 Å². The molecule has 5 heteroatoms. The molecule has 1 aromatic heterocycles. The minimum Gasteiger partial charge on any atom is -0.369 e. The lowest BCUT2D eigenvalue weighted by Crippen LogP contribution is -2.46. The number of piperazine rings is 1. The summed E-state index contributed by atoms with van der Waals surface area (Å²) in [6.07, 6.45) is 2.53. The molecule has 2 aliphatic rings. The molecule has 0 amide bonds. The van der Waals surface area contributed by atoms with Gasteiger partial charge in [-0.1, -0.05) is 27.2 Å². The Balaban J connectivity index is 1.33. The van der Waals surface area contributed by atoms with Crippen LogP contribution in [0.1, 0.15) is 30.2 Å². The first-order chi connectivity index (χ1) is 10.8. The summed E-state index contributed by atoms with van der Waals surface area (Å²) in [5.74, 6) is 1.73. The van der Waals surface area contributed by atoms with Crippen LogP contribution in [0.2, 0.25) is 0 Å². The van der Waals surface area contributed by atoms with Crippen molar-refractivity contribution >= 4 is 21.6 Å². The monoisotopic (exact) mass is 361 g/mol. The van der Waals surface area contributed by atoms with Gasteiger partial charge in [0.1, 0.15) is 5.76 Å². The van der Waals surface area contributed by atoms with E-state index in [1.807, 2.05) is 0 Å². The quantitative estimate of drug-likeness (QED) is 0.832. The molecular weight excluding hydrogens is 342 g/mol. The van der Waals surface area contributed by atoms with E-state index in [-0.39, 0.29) is 0 Å². The predicted molar refractivity (Wildman–Crippen MR) is 90.1 cm³/mol. The average Bonchev–Trinajstić information content (AvgIpc) is 3.28. The lowest BCUT2D eigenvalue weighted by molar-refractivity contribution is 0.241. The highest BCUT2D eigenvalue weighted by atomic mass is 79.9. The topological polar surface area (TPSA) is 32.5 Å². The number of nitrogens with zero attached hydrogens (tertiary/aromatic N) is 3. The van der Waals surface area contributed by atoms with Crippen molar-refractivity contribution in [3.05, 3.63) is 46.3 Å².